The van der Waals surface area contributed by atoms with Crippen LogP contribution in [-0.4, -0.2) is 17.0 Å². The van der Waals surface area contributed by atoms with E-state index in [-0.39, 0.29) is 11.0 Å². The topological polar surface area (TPSA) is 29.5 Å². The second kappa shape index (κ2) is 5.50. The van der Waals surface area contributed by atoms with Gasteiger partial charge in [-0.15, -0.1) is 0 Å². The SMILES string of the molecule is CCC1(OC(O)C(C)(C)CC)CCCCC1. The summed E-state index contributed by atoms with van der Waals surface area (Å²) in [5.74, 6) is 0. The van der Waals surface area contributed by atoms with E-state index in [0.717, 1.165) is 25.7 Å². The Morgan fingerprint density at radius 1 is 1.19 bits per heavy atom. The Morgan fingerprint density at radius 3 is 2.19 bits per heavy atom. The minimum absolute atomic E-state index is 0.0515. The Hall–Kier alpha value is -0.0800. The maximum Gasteiger partial charge on any atom is 0.160 e. The molecule has 16 heavy (non-hydrogen) atoms. The van der Waals surface area contributed by atoms with Gasteiger partial charge in [-0.05, 0) is 25.7 Å². The average Bonchev–Trinajstić information content (AvgIpc) is 2.30. The lowest BCUT2D eigenvalue weighted by Crippen LogP contribution is -2.43. The van der Waals surface area contributed by atoms with Gasteiger partial charge in [-0.3, -0.25) is 0 Å². The molecule has 0 aromatic carbocycles. The quantitative estimate of drug-likeness (QED) is 0.724. The number of aliphatic hydroxyl groups is 1. The van der Waals surface area contributed by atoms with Crippen LogP contribution in [0.3, 0.4) is 0 Å². The molecule has 1 unspecified atom stereocenters. The molecule has 1 aliphatic rings. The van der Waals surface area contributed by atoms with Gasteiger partial charge in [-0.25, -0.2) is 0 Å². The molecule has 96 valence electrons. The Balaban J connectivity index is 2.62. The van der Waals surface area contributed by atoms with Gasteiger partial charge in [-0.2, -0.15) is 0 Å². The highest BCUT2D eigenvalue weighted by Gasteiger charge is 2.37. The van der Waals surface area contributed by atoms with Crippen LogP contribution >= 0.6 is 0 Å². The predicted octanol–water partition coefficient (Wildman–Crippen LogP) is 3.87. The van der Waals surface area contributed by atoms with Gasteiger partial charge in [0.2, 0.25) is 0 Å². The van der Waals surface area contributed by atoms with Gasteiger partial charge >= 0.3 is 0 Å². The number of rotatable bonds is 5. The van der Waals surface area contributed by atoms with Gasteiger partial charge in [0, 0.05) is 5.41 Å². The Kier molecular flexibility index (Phi) is 4.81. The van der Waals surface area contributed by atoms with Gasteiger partial charge in [0.25, 0.3) is 0 Å². The molecule has 0 aliphatic heterocycles. The lowest BCUT2D eigenvalue weighted by atomic mass is 9.81. The fourth-order valence-corrected chi connectivity index (χ4v) is 2.32. The van der Waals surface area contributed by atoms with Crippen molar-refractivity contribution >= 4 is 0 Å². The first-order chi connectivity index (χ1) is 7.46. The van der Waals surface area contributed by atoms with E-state index in [1.807, 2.05) is 0 Å². The van der Waals surface area contributed by atoms with Crippen molar-refractivity contribution in [2.45, 2.75) is 84.5 Å². The van der Waals surface area contributed by atoms with Crippen LogP contribution in [0, 0.1) is 5.41 Å². The van der Waals surface area contributed by atoms with Crippen molar-refractivity contribution in [2.75, 3.05) is 0 Å². The summed E-state index contributed by atoms with van der Waals surface area (Å²) in [6.07, 6.45) is 7.35. The highest BCUT2D eigenvalue weighted by atomic mass is 16.6. The van der Waals surface area contributed by atoms with Crippen LogP contribution in [0.4, 0.5) is 0 Å². The minimum Gasteiger partial charge on any atom is -0.367 e. The highest BCUT2D eigenvalue weighted by molar-refractivity contribution is 4.85. The molecule has 0 aromatic heterocycles. The third kappa shape index (κ3) is 3.21. The average molecular weight is 228 g/mol. The third-order valence-electron chi connectivity index (χ3n) is 4.35. The van der Waals surface area contributed by atoms with Crippen LogP contribution in [0.25, 0.3) is 0 Å². The van der Waals surface area contributed by atoms with E-state index >= 15 is 0 Å². The standard InChI is InChI=1S/C14H28O2/c1-5-13(3,4)12(15)16-14(6-2)10-8-7-9-11-14/h12,15H,5-11H2,1-4H3. The molecule has 1 saturated carbocycles. The van der Waals surface area contributed by atoms with Crippen molar-refractivity contribution in [1.82, 2.24) is 0 Å². The Bertz CT molecular complexity index is 205. The van der Waals surface area contributed by atoms with E-state index in [1.54, 1.807) is 0 Å². The van der Waals surface area contributed by atoms with Crippen LogP contribution in [-0.2, 0) is 4.74 Å². The molecule has 1 N–H and O–H groups in total. The van der Waals surface area contributed by atoms with Crippen LogP contribution in [0.1, 0.15) is 72.6 Å². The van der Waals surface area contributed by atoms with Crippen molar-refractivity contribution in [1.29, 1.82) is 0 Å². The molecule has 0 heterocycles. The van der Waals surface area contributed by atoms with E-state index in [9.17, 15) is 5.11 Å². The van der Waals surface area contributed by atoms with Crippen LogP contribution < -0.4 is 0 Å². The van der Waals surface area contributed by atoms with E-state index in [1.165, 1.54) is 19.3 Å². The number of aliphatic hydroxyl groups excluding tert-OH is 1. The predicted molar refractivity (Wildman–Crippen MR) is 67.3 cm³/mol. The van der Waals surface area contributed by atoms with Gasteiger partial charge in [0.05, 0.1) is 5.60 Å². The molecule has 0 bridgehead atoms. The van der Waals surface area contributed by atoms with E-state index < -0.39 is 6.29 Å². The van der Waals surface area contributed by atoms with Crippen LogP contribution in [0.15, 0.2) is 0 Å². The maximum atomic E-state index is 10.2. The number of hydrogen-bond acceptors (Lipinski definition) is 2. The second-order valence-corrected chi connectivity index (χ2v) is 5.91. The zero-order chi connectivity index (χ0) is 12.2. The molecule has 0 radical (unpaired) electrons. The Morgan fingerprint density at radius 2 is 1.75 bits per heavy atom. The molecule has 0 amide bonds. The lowest BCUT2D eigenvalue weighted by molar-refractivity contribution is -0.240. The minimum atomic E-state index is -0.629. The summed E-state index contributed by atoms with van der Waals surface area (Å²) < 4.78 is 6.04. The summed E-state index contributed by atoms with van der Waals surface area (Å²) in [6.45, 7) is 8.43. The summed E-state index contributed by atoms with van der Waals surface area (Å²) in [6, 6.07) is 0. The molecule has 0 aromatic rings. The van der Waals surface area contributed by atoms with Crippen molar-refractivity contribution in [3.8, 4) is 0 Å². The smallest absolute Gasteiger partial charge is 0.160 e. The van der Waals surface area contributed by atoms with Crippen LogP contribution in [0.5, 0.6) is 0 Å². The summed E-state index contributed by atoms with van der Waals surface area (Å²) >= 11 is 0. The monoisotopic (exact) mass is 228 g/mol. The molecule has 2 nitrogen and oxygen atoms in total. The maximum absolute atomic E-state index is 10.2. The van der Waals surface area contributed by atoms with Crippen molar-refractivity contribution in [3.63, 3.8) is 0 Å². The second-order valence-electron chi connectivity index (χ2n) is 5.91. The fourth-order valence-electron chi connectivity index (χ4n) is 2.32. The summed E-state index contributed by atoms with van der Waals surface area (Å²) in [5.41, 5.74) is -0.191. The molecule has 0 saturated heterocycles. The zero-order valence-electron chi connectivity index (χ0n) is 11.4. The largest absolute Gasteiger partial charge is 0.367 e. The van der Waals surface area contributed by atoms with Gasteiger partial charge in [-0.1, -0.05) is 47.0 Å². The molecule has 2 heteroatoms. The zero-order valence-corrected chi connectivity index (χ0v) is 11.4. The Labute approximate surface area is 100 Å². The molecule has 1 fully saturated rings. The summed E-state index contributed by atoms with van der Waals surface area (Å²) in [4.78, 5) is 0. The van der Waals surface area contributed by atoms with E-state index in [4.69, 9.17) is 4.74 Å². The van der Waals surface area contributed by atoms with Crippen molar-refractivity contribution < 1.29 is 9.84 Å². The molecule has 1 atom stereocenters. The van der Waals surface area contributed by atoms with E-state index in [0.29, 0.717) is 0 Å². The third-order valence-corrected chi connectivity index (χ3v) is 4.35. The molecule has 1 rings (SSSR count). The molecule has 0 spiro atoms. The fraction of sp³-hybridized carbons (Fsp3) is 1.00. The van der Waals surface area contributed by atoms with Gasteiger partial charge in [0.1, 0.15) is 0 Å². The van der Waals surface area contributed by atoms with Gasteiger partial charge < -0.3 is 9.84 Å². The highest BCUT2D eigenvalue weighted by Crippen LogP contribution is 2.38. The molecular formula is C14H28O2. The van der Waals surface area contributed by atoms with E-state index in [2.05, 4.69) is 27.7 Å². The first-order valence-electron chi connectivity index (χ1n) is 6.82. The first kappa shape index (κ1) is 14.0. The molecule has 1 aliphatic carbocycles. The normalized spacial score (nSPS) is 23.1. The van der Waals surface area contributed by atoms with Crippen LogP contribution in [0.2, 0.25) is 0 Å². The number of hydrogen-bond donors (Lipinski definition) is 1. The van der Waals surface area contributed by atoms with Crippen molar-refractivity contribution in [3.05, 3.63) is 0 Å². The summed E-state index contributed by atoms with van der Waals surface area (Å²) in [5, 5.41) is 10.2. The van der Waals surface area contributed by atoms with Crippen molar-refractivity contribution in [2.24, 2.45) is 5.41 Å². The lowest BCUT2D eigenvalue weighted by Gasteiger charge is -2.42. The summed E-state index contributed by atoms with van der Waals surface area (Å²) in [7, 11) is 0. The van der Waals surface area contributed by atoms with Gasteiger partial charge in [0.15, 0.2) is 6.29 Å². The molecular weight excluding hydrogens is 200 g/mol. The first-order valence-corrected chi connectivity index (χ1v) is 6.82. The number of ether oxygens (including phenoxy) is 1.